The number of β-amino-alcohol motifs (C(OH)–C–C–N with tert-alkyl or cyclic N) is 1. The number of nitrogens with zero attached hydrogens (tertiary/aromatic N) is 3. The number of aliphatic hydroxyl groups is 1. The number of rotatable bonds is 3. The topological polar surface area (TPSA) is 56.1 Å². The lowest BCUT2D eigenvalue weighted by molar-refractivity contribution is -0.125. The van der Waals surface area contributed by atoms with Crippen molar-refractivity contribution >= 4 is 34.6 Å². The molecule has 5 nitrogen and oxygen atoms in total. The number of thiocarbonyl (C=S) groups is 1. The molecule has 0 fully saturated rings. The first-order valence-corrected chi connectivity index (χ1v) is 8.48. The second-order valence-electron chi connectivity index (χ2n) is 6.08. The number of hydrogen-bond donors (Lipinski definition) is 1. The number of likely N-dealkylation sites (N-methyl/N-ethyl adjacent to an activating group) is 1. The number of fused-ring (bicyclic) bond motifs is 3. The van der Waals surface area contributed by atoms with E-state index in [1.54, 1.807) is 16.8 Å². The molecule has 0 bridgehead atoms. The van der Waals surface area contributed by atoms with Gasteiger partial charge in [-0.1, -0.05) is 48.5 Å². The highest BCUT2D eigenvalue weighted by atomic mass is 32.1. The van der Waals surface area contributed by atoms with E-state index in [0.29, 0.717) is 10.8 Å². The summed E-state index contributed by atoms with van der Waals surface area (Å²) >= 11 is 5.47. The van der Waals surface area contributed by atoms with E-state index in [1.165, 1.54) is 0 Å². The zero-order valence-corrected chi connectivity index (χ0v) is 14.5. The zero-order chi connectivity index (χ0) is 17.6. The van der Waals surface area contributed by atoms with Gasteiger partial charge in [-0.25, -0.2) is 4.99 Å². The standard InChI is InChI=1S/C19H17N3O2S/c1-21-15-10-6-5-9-14(15)16-19(17(21)24,13-7-3-2-4-8-13)22(11-12-23)18(25)20-16/h2-10,23H,11-12H2,1H3. The molecule has 1 atom stereocenters. The summed E-state index contributed by atoms with van der Waals surface area (Å²) in [5, 5.41) is 9.89. The molecule has 0 aliphatic carbocycles. The van der Waals surface area contributed by atoms with Crippen LogP contribution in [0, 0.1) is 0 Å². The SMILES string of the molecule is CN1C(=O)C2(c3ccccc3)C(=NC(=S)N2CCO)c2ccccc21. The van der Waals surface area contributed by atoms with Gasteiger partial charge < -0.3 is 14.9 Å². The van der Waals surface area contributed by atoms with Crippen LogP contribution in [0.3, 0.4) is 0 Å². The van der Waals surface area contributed by atoms with E-state index >= 15 is 0 Å². The molecule has 2 aromatic carbocycles. The van der Waals surface area contributed by atoms with Crippen molar-refractivity contribution < 1.29 is 9.90 Å². The number of amides is 1. The van der Waals surface area contributed by atoms with Gasteiger partial charge in [-0.3, -0.25) is 4.79 Å². The molecule has 2 heterocycles. The summed E-state index contributed by atoms with van der Waals surface area (Å²) in [6.07, 6.45) is 0. The molecule has 2 aliphatic rings. The molecule has 1 unspecified atom stereocenters. The van der Waals surface area contributed by atoms with Gasteiger partial charge >= 0.3 is 0 Å². The van der Waals surface area contributed by atoms with Crippen LogP contribution in [0.4, 0.5) is 5.69 Å². The van der Waals surface area contributed by atoms with Crippen LogP contribution >= 0.6 is 12.2 Å². The number of benzene rings is 2. The lowest BCUT2D eigenvalue weighted by Crippen LogP contribution is -2.62. The van der Waals surface area contributed by atoms with Crippen molar-refractivity contribution in [1.82, 2.24) is 4.90 Å². The van der Waals surface area contributed by atoms with E-state index in [0.717, 1.165) is 16.8 Å². The fourth-order valence-corrected chi connectivity index (χ4v) is 4.08. The van der Waals surface area contributed by atoms with Crippen molar-refractivity contribution in [2.75, 3.05) is 25.1 Å². The number of hydrogen-bond acceptors (Lipinski definition) is 3. The van der Waals surface area contributed by atoms with Gasteiger partial charge in [-0.2, -0.15) is 0 Å². The van der Waals surface area contributed by atoms with Crippen molar-refractivity contribution in [1.29, 1.82) is 0 Å². The van der Waals surface area contributed by atoms with Crippen molar-refractivity contribution in [3.05, 3.63) is 65.7 Å². The minimum absolute atomic E-state index is 0.115. The van der Waals surface area contributed by atoms with Crippen LogP contribution in [-0.4, -0.2) is 46.9 Å². The third-order valence-corrected chi connectivity index (χ3v) is 5.15. The fourth-order valence-electron chi connectivity index (χ4n) is 3.76. The maximum absolute atomic E-state index is 13.6. The first-order valence-electron chi connectivity index (χ1n) is 8.07. The number of para-hydroxylation sites is 1. The van der Waals surface area contributed by atoms with Crippen LogP contribution < -0.4 is 4.90 Å². The predicted molar refractivity (Wildman–Crippen MR) is 101 cm³/mol. The quantitative estimate of drug-likeness (QED) is 0.859. The van der Waals surface area contributed by atoms with E-state index in [-0.39, 0.29) is 19.1 Å². The highest BCUT2D eigenvalue weighted by Crippen LogP contribution is 2.45. The Kier molecular flexibility index (Phi) is 3.67. The van der Waals surface area contributed by atoms with Crippen LogP contribution in [0.15, 0.2) is 59.6 Å². The third kappa shape index (κ3) is 2.01. The molecule has 25 heavy (non-hydrogen) atoms. The predicted octanol–water partition coefficient (Wildman–Crippen LogP) is 1.94. The molecule has 0 aromatic heterocycles. The van der Waals surface area contributed by atoms with Gasteiger partial charge in [-0.05, 0) is 23.8 Å². The first-order chi connectivity index (χ1) is 12.1. The molecule has 0 saturated carbocycles. The van der Waals surface area contributed by atoms with E-state index < -0.39 is 5.54 Å². The van der Waals surface area contributed by atoms with Crippen molar-refractivity contribution in [3.8, 4) is 0 Å². The Hall–Kier alpha value is -2.57. The van der Waals surface area contributed by atoms with Gasteiger partial charge in [0.15, 0.2) is 10.7 Å². The summed E-state index contributed by atoms with van der Waals surface area (Å²) in [5.74, 6) is -0.121. The second kappa shape index (κ2) is 5.75. The number of carbonyl (C=O) groups excluding carboxylic acids is 1. The normalized spacial score (nSPS) is 21.9. The highest BCUT2D eigenvalue weighted by Gasteiger charge is 2.59. The number of aliphatic imine (C=N–C) groups is 1. The van der Waals surface area contributed by atoms with Gasteiger partial charge in [0, 0.05) is 19.2 Å². The minimum Gasteiger partial charge on any atom is -0.395 e. The number of aliphatic hydroxyl groups excluding tert-OH is 1. The van der Waals surface area contributed by atoms with E-state index in [2.05, 4.69) is 4.99 Å². The average Bonchev–Trinajstić information content (AvgIpc) is 2.95. The lowest BCUT2D eigenvalue weighted by atomic mass is 9.77. The maximum Gasteiger partial charge on any atom is 0.263 e. The Morgan fingerprint density at radius 2 is 1.80 bits per heavy atom. The second-order valence-corrected chi connectivity index (χ2v) is 6.44. The van der Waals surface area contributed by atoms with E-state index in [4.69, 9.17) is 12.2 Å². The molecular formula is C19H17N3O2S. The molecule has 2 aliphatic heterocycles. The van der Waals surface area contributed by atoms with Gasteiger partial charge in [0.05, 0.1) is 18.0 Å². The summed E-state index contributed by atoms with van der Waals surface area (Å²) in [4.78, 5) is 21.6. The molecule has 0 spiro atoms. The fraction of sp³-hybridized carbons (Fsp3) is 0.211. The molecule has 126 valence electrons. The maximum atomic E-state index is 13.6. The van der Waals surface area contributed by atoms with Crippen LogP contribution in [0.5, 0.6) is 0 Å². The molecule has 1 N–H and O–H groups in total. The summed E-state index contributed by atoms with van der Waals surface area (Å²) in [5.41, 5.74) is 2.00. The Bertz CT molecular complexity index is 897. The number of anilines is 1. The Morgan fingerprint density at radius 3 is 2.52 bits per heavy atom. The van der Waals surface area contributed by atoms with Crippen LogP contribution in [0.25, 0.3) is 0 Å². The molecule has 0 saturated heterocycles. The molecular weight excluding hydrogens is 334 g/mol. The molecule has 0 radical (unpaired) electrons. The van der Waals surface area contributed by atoms with Gasteiger partial charge in [0.25, 0.3) is 5.91 Å². The van der Waals surface area contributed by atoms with Crippen LogP contribution in [0.2, 0.25) is 0 Å². The van der Waals surface area contributed by atoms with Gasteiger partial charge in [0.1, 0.15) is 0 Å². The molecule has 6 heteroatoms. The van der Waals surface area contributed by atoms with E-state index in [9.17, 15) is 9.90 Å². The summed E-state index contributed by atoms with van der Waals surface area (Å²) in [7, 11) is 1.77. The minimum atomic E-state index is -1.13. The Balaban J connectivity index is 2.06. The molecule has 1 amide bonds. The summed E-state index contributed by atoms with van der Waals surface area (Å²) in [6, 6.07) is 17.2. The Morgan fingerprint density at radius 1 is 1.12 bits per heavy atom. The van der Waals surface area contributed by atoms with Gasteiger partial charge in [-0.15, -0.1) is 0 Å². The Labute approximate surface area is 151 Å². The first kappa shape index (κ1) is 15.9. The van der Waals surface area contributed by atoms with Crippen LogP contribution in [-0.2, 0) is 10.3 Å². The number of carbonyl (C=O) groups is 1. The third-order valence-electron chi connectivity index (χ3n) is 4.84. The van der Waals surface area contributed by atoms with Crippen molar-refractivity contribution in [2.24, 2.45) is 4.99 Å². The lowest BCUT2D eigenvalue weighted by Gasteiger charge is -2.44. The van der Waals surface area contributed by atoms with E-state index in [1.807, 2.05) is 54.6 Å². The van der Waals surface area contributed by atoms with Crippen molar-refractivity contribution in [3.63, 3.8) is 0 Å². The summed E-state index contributed by atoms with van der Waals surface area (Å²) in [6.45, 7) is 0.124. The monoisotopic (exact) mass is 351 g/mol. The smallest absolute Gasteiger partial charge is 0.263 e. The highest BCUT2D eigenvalue weighted by molar-refractivity contribution is 7.80. The summed E-state index contributed by atoms with van der Waals surface area (Å²) < 4.78 is 0. The van der Waals surface area contributed by atoms with Crippen LogP contribution in [0.1, 0.15) is 11.1 Å². The zero-order valence-electron chi connectivity index (χ0n) is 13.7. The largest absolute Gasteiger partial charge is 0.395 e. The average molecular weight is 351 g/mol. The molecule has 2 aromatic rings. The molecule has 4 rings (SSSR count). The van der Waals surface area contributed by atoms with Crippen molar-refractivity contribution in [2.45, 2.75) is 5.54 Å². The van der Waals surface area contributed by atoms with Gasteiger partial charge in [0.2, 0.25) is 0 Å².